The van der Waals surface area contributed by atoms with Crippen molar-refractivity contribution in [2.75, 3.05) is 0 Å². The summed E-state index contributed by atoms with van der Waals surface area (Å²) in [6, 6.07) is 3.85. The maximum atomic E-state index is 12.8. The third-order valence-corrected chi connectivity index (χ3v) is 5.61. The Morgan fingerprint density at radius 1 is 1.00 bits per heavy atom. The van der Waals surface area contributed by atoms with E-state index in [1.807, 2.05) is 0 Å². The summed E-state index contributed by atoms with van der Waals surface area (Å²) < 4.78 is 0. The average Bonchev–Trinajstić information content (AvgIpc) is 2.99. The molecule has 1 aromatic rings. The van der Waals surface area contributed by atoms with Crippen molar-refractivity contribution in [1.29, 1.82) is 0 Å². The molecule has 8 nitrogen and oxygen atoms in total. The molecule has 0 bridgehead atoms. The largest absolute Gasteiger partial charge is 0.481 e. The highest BCUT2D eigenvalue weighted by atomic mass is 16.4. The molecule has 0 aromatic heterocycles. The van der Waals surface area contributed by atoms with Crippen LogP contribution in [-0.2, 0) is 14.4 Å². The summed E-state index contributed by atoms with van der Waals surface area (Å²) in [6.07, 6.45) is 6.83. The molecule has 2 aliphatic rings. The minimum absolute atomic E-state index is 0.0862. The van der Waals surface area contributed by atoms with Gasteiger partial charge in [0.1, 0.15) is 6.04 Å². The average molecular weight is 438 g/mol. The number of fused-ring (bicyclic) bond motifs is 1. The molecule has 0 aliphatic carbocycles. The first kappa shape index (κ1) is 23.2. The molecule has 1 unspecified atom stereocenters. The summed E-state index contributed by atoms with van der Waals surface area (Å²) in [6.45, 7) is 0. The minimum atomic E-state index is -0.973. The van der Waals surface area contributed by atoms with Gasteiger partial charge in [-0.25, -0.2) is 0 Å². The summed E-state index contributed by atoms with van der Waals surface area (Å²) in [5.74, 6) is 3.26. The van der Waals surface area contributed by atoms with Crippen molar-refractivity contribution >= 4 is 29.6 Å². The van der Waals surface area contributed by atoms with Gasteiger partial charge in [-0.05, 0) is 37.5 Å². The number of carbonyl (C=O) groups excluding carboxylic acids is 4. The number of hydrogen-bond donors (Lipinski definition) is 2. The van der Waals surface area contributed by atoms with Crippen LogP contribution in [0.15, 0.2) is 18.2 Å². The van der Waals surface area contributed by atoms with Gasteiger partial charge in [0.25, 0.3) is 11.8 Å². The first-order valence-electron chi connectivity index (χ1n) is 10.9. The van der Waals surface area contributed by atoms with Crippen molar-refractivity contribution in [3.8, 4) is 11.8 Å². The van der Waals surface area contributed by atoms with Gasteiger partial charge in [0.15, 0.2) is 0 Å². The monoisotopic (exact) mass is 438 g/mol. The lowest BCUT2D eigenvalue weighted by molar-refractivity contribution is -0.138. The number of benzene rings is 1. The smallest absolute Gasteiger partial charge is 0.303 e. The molecule has 168 valence electrons. The number of amides is 4. The third-order valence-electron chi connectivity index (χ3n) is 5.61. The molecule has 4 amide bonds. The predicted molar refractivity (Wildman–Crippen MR) is 115 cm³/mol. The van der Waals surface area contributed by atoms with Gasteiger partial charge in [0.2, 0.25) is 11.8 Å². The number of hydrogen-bond acceptors (Lipinski definition) is 5. The highest BCUT2D eigenvalue weighted by Crippen LogP contribution is 2.28. The topological polar surface area (TPSA) is 121 Å². The van der Waals surface area contributed by atoms with Crippen LogP contribution in [0.2, 0.25) is 0 Å². The first-order valence-corrected chi connectivity index (χ1v) is 10.9. The van der Waals surface area contributed by atoms with E-state index in [2.05, 4.69) is 17.2 Å². The Morgan fingerprint density at radius 2 is 1.69 bits per heavy atom. The maximum absolute atomic E-state index is 12.8. The molecule has 3 rings (SSSR count). The fourth-order valence-electron chi connectivity index (χ4n) is 3.91. The molecular formula is C24H26N2O6. The zero-order valence-corrected chi connectivity index (χ0v) is 17.8. The molecule has 1 fully saturated rings. The normalized spacial score (nSPS) is 17.6. The van der Waals surface area contributed by atoms with E-state index >= 15 is 0 Å². The second kappa shape index (κ2) is 10.7. The zero-order chi connectivity index (χ0) is 23.1. The van der Waals surface area contributed by atoms with Crippen LogP contribution in [0.1, 0.15) is 90.5 Å². The standard InChI is InChI=1S/C24H26N2O6/c27-20-14-13-19(22(30)25-20)26-23(31)17-12-11-16(15-18(17)24(26)32)9-7-5-3-1-2-4-6-8-10-21(28)29/h11-12,15,19H,1-6,8,10,13-14H2,(H,28,29)(H,25,27,30). The predicted octanol–water partition coefficient (Wildman–Crippen LogP) is 2.64. The Hall–Kier alpha value is -3.47. The number of rotatable bonds is 9. The number of carboxylic acids is 1. The highest BCUT2D eigenvalue weighted by molar-refractivity contribution is 6.23. The fourth-order valence-corrected chi connectivity index (χ4v) is 3.91. The van der Waals surface area contributed by atoms with Crippen molar-refractivity contribution in [2.45, 2.75) is 70.3 Å². The molecule has 2 aliphatic heterocycles. The van der Waals surface area contributed by atoms with Crippen molar-refractivity contribution < 1.29 is 29.1 Å². The lowest BCUT2D eigenvalue weighted by Gasteiger charge is -2.27. The van der Waals surface area contributed by atoms with Crippen LogP contribution in [0, 0.1) is 11.8 Å². The van der Waals surface area contributed by atoms with Gasteiger partial charge >= 0.3 is 5.97 Å². The van der Waals surface area contributed by atoms with Crippen LogP contribution in [0.25, 0.3) is 0 Å². The molecule has 1 saturated heterocycles. The van der Waals surface area contributed by atoms with Crippen molar-refractivity contribution in [1.82, 2.24) is 10.2 Å². The molecule has 0 saturated carbocycles. The molecule has 0 spiro atoms. The Labute approximate surface area is 186 Å². The lowest BCUT2D eigenvalue weighted by atomic mass is 10.0. The third kappa shape index (κ3) is 5.61. The van der Waals surface area contributed by atoms with Crippen molar-refractivity contribution in [3.05, 3.63) is 34.9 Å². The van der Waals surface area contributed by atoms with Gasteiger partial charge in [-0.15, -0.1) is 0 Å². The number of unbranched alkanes of at least 4 members (excludes halogenated alkanes) is 6. The van der Waals surface area contributed by atoms with E-state index < -0.39 is 35.6 Å². The van der Waals surface area contributed by atoms with E-state index in [0.29, 0.717) is 12.0 Å². The number of imide groups is 2. The van der Waals surface area contributed by atoms with E-state index in [0.717, 1.165) is 43.4 Å². The van der Waals surface area contributed by atoms with E-state index in [1.165, 1.54) is 0 Å². The van der Waals surface area contributed by atoms with Gasteiger partial charge in [0.05, 0.1) is 11.1 Å². The Kier molecular flexibility index (Phi) is 7.77. The van der Waals surface area contributed by atoms with Gasteiger partial charge in [-0.3, -0.25) is 34.2 Å². The molecule has 32 heavy (non-hydrogen) atoms. The Balaban J connectivity index is 1.50. The van der Waals surface area contributed by atoms with Crippen LogP contribution in [0.3, 0.4) is 0 Å². The number of nitrogens with zero attached hydrogens (tertiary/aromatic N) is 1. The molecule has 8 heteroatoms. The fraction of sp³-hybridized carbons (Fsp3) is 0.458. The van der Waals surface area contributed by atoms with E-state index in [9.17, 15) is 24.0 Å². The molecular weight excluding hydrogens is 412 g/mol. The number of carbonyl (C=O) groups is 5. The second-order valence-electron chi connectivity index (χ2n) is 8.02. The van der Waals surface area contributed by atoms with Crippen molar-refractivity contribution in [3.63, 3.8) is 0 Å². The van der Waals surface area contributed by atoms with E-state index in [4.69, 9.17) is 5.11 Å². The van der Waals surface area contributed by atoms with Crippen molar-refractivity contribution in [2.24, 2.45) is 0 Å². The summed E-state index contributed by atoms with van der Waals surface area (Å²) in [5.41, 5.74) is 1.10. The van der Waals surface area contributed by atoms with Gasteiger partial charge in [0, 0.05) is 24.8 Å². The van der Waals surface area contributed by atoms with E-state index in [-0.39, 0.29) is 30.4 Å². The number of aliphatic carboxylic acids is 1. The van der Waals surface area contributed by atoms with Crippen LogP contribution >= 0.6 is 0 Å². The number of carboxylic acid groups (broad SMARTS) is 1. The van der Waals surface area contributed by atoms with Crippen LogP contribution in [0.5, 0.6) is 0 Å². The molecule has 2 heterocycles. The lowest BCUT2D eigenvalue weighted by Crippen LogP contribution is -2.54. The molecule has 0 radical (unpaired) electrons. The SMILES string of the molecule is O=C(O)CCCCCCCCC#Cc1ccc2c(c1)C(=O)N(C1CCC(=O)NC1=O)C2=O. The molecule has 1 aromatic carbocycles. The summed E-state index contributed by atoms with van der Waals surface area (Å²) >= 11 is 0. The quantitative estimate of drug-likeness (QED) is 0.347. The summed E-state index contributed by atoms with van der Waals surface area (Å²) in [5, 5.41) is 10.8. The molecule has 1 atom stereocenters. The maximum Gasteiger partial charge on any atom is 0.303 e. The highest BCUT2D eigenvalue weighted by Gasteiger charge is 2.44. The number of nitrogens with one attached hydrogen (secondary N) is 1. The zero-order valence-electron chi connectivity index (χ0n) is 17.8. The van der Waals surface area contributed by atoms with Crippen LogP contribution < -0.4 is 5.32 Å². The summed E-state index contributed by atoms with van der Waals surface area (Å²) in [7, 11) is 0. The van der Waals surface area contributed by atoms with Gasteiger partial charge < -0.3 is 5.11 Å². The first-order chi connectivity index (χ1) is 15.4. The van der Waals surface area contributed by atoms with Gasteiger partial charge in [-0.2, -0.15) is 0 Å². The second-order valence-corrected chi connectivity index (χ2v) is 8.02. The minimum Gasteiger partial charge on any atom is -0.481 e. The Morgan fingerprint density at radius 3 is 2.41 bits per heavy atom. The summed E-state index contributed by atoms with van der Waals surface area (Å²) in [4.78, 5) is 60.3. The molecule has 2 N–H and O–H groups in total. The van der Waals surface area contributed by atoms with E-state index in [1.54, 1.807) is 18.2 Å². The van der Waals surface area contributed by atoms with Gasteiger partial charge in [-0.1, -0.05) is 37.5 Å². The van der Waals surface area contributed by atoms with Crippen LogP contribution in [-0.4, -0.2) is 45.6 Å². The number of piperidine rings is 1. The van der Waals surface area contributed by atoms with Crippen LogP contribution in [0.4, 0.5) is 0 Å². The Bertz CT molecular complexity index is 1000.